The van der Waals surface area contributed by atoms with E-state index < -0.39 is 0 Å². The predicted octanol–water partition coefficient (Wildman–Crippen LogP) is 4.30. The first-order valence-electron chi connectivity index (χ1n) is 9.46. The van der Waals surface area contributed by atoms with Crippen LogP contribution in [0.5, 0.6) is 0 Å². The minimum absolute atomic E-state index is 0.0699. The summed E-state index contributed by atoms with van der Waals surface area (Å²) in [5.74, 6) is 1.39. The summed E-state index contributed by atoms with van der Waals surface area (Å²) in [5, 5.41) is 7.22. The molecule has 0 radical (unpaired) electrons. The van der Waals surface area contributed by atoms with Crippen molar-refractivity contribution in [2.75, 3.05) is 17.2 Å². The molecule has 144 valence electrons. The van der Waals surface area contributed by atoms with Gasteiger partial charge < -0.3 is 10.6 Å². The molecule has 0 atom stereocenters. The minimum atomic E-state index is -0.0699. The normalized spacial score (nSPS) is 10.7. The third-order valence-electron chi connectivity index (χ3n) is 4.50. The van der Waals surface area contributed by atoms with Crippen molar-refractivity contribution in [3.05, 3.63) is 78.6 Å². The number of fused-ring (bicyclic) bond motifs is 1. The first-order chi connectivity index (χ1) is 14.2. The second-order valence-corrected chi connectivity index (χ2v) is 6.71. The van der Waals surface area contributed by atoms with Crippen molar-refractivity contribution in [2.45, 2.75) is 13.3 Å². The van der Waals surface area contributed by atoms with Gasteiger partial charge in [-0.3, -0.25) is 9.78 Å². The summed E-state index contributed by atoms with van der Waals surface area (Å²) in [5.41, 5.74) is 3.76. The van der Waals surface area contributed by atoms with Gasteiger partial charge in [-0.25, -0.2) is 9.97 Å². The Hall–Kier alpha value is -3.80. The molecular formula is C23H21N5O. The molecule has 2 heterocycles. The van der Waals surface area contributed by atoms with E-state index in [4.69, 9.17) is 4.98 Å². The molecule has 4 aromatic rings. The van der Waals surface area contributed by atoms with E-state index in [1.54, 1.807) is 12.4 Å². The summed E-state index contributed by atoms with van der Waals surface area (Å²) in [7, 11) is 0. The number of pyridine rings is 1. The Morgan fingerprint density at radius 2 is 1.79 bits per heavy atom. The van der Waals surface area contributed by atoms with Gasteiger partial charge in [-0.1, -0.05) is 24.3 Å². The molecule has 0 spiro atoms. The Bertz CT molecular complexity index is 1130. The van der Waals surface area contributed by atoms with Crippen LogP contribution in [0.4, 0.5) is 11.5 Å². The molecule has 0 saturated carbocycles. The van der Waals surface area contributed by atoms with Crippen LogP contribution in [-0.4, -0.2) is 27.4 Å². The van der Waals surface area contributed by atoms with Crippen molar-refractivity contribution in [2.24, 2.45) is 0 Å². The van der Waals surface area contributed by atoms with Crippen LogP contribution < -0.4 is 10.6 Å². The maximum absolute atomic E-state index is 11.1. The standard InChI is InChI=1S/C23H21N5O/c1-16(29)26-19-10-8-17(9-11-19)12-14-25-23-20-6-2-3-7-21(20)27-22(28-23)18-5-4-13-24-15-18/h2-11,13,15H,12,14H2,1H3,(H,26,29)(H,25,27,28). The van der Waals surface area contributed by atoms with Gasteiger partial charge in [-0.2, -0.15) is 0 Å². The number of carbonyl (C=O) groups is 1. The van der Waals surface area contributed by atoms with E-state index in [1.165, 1.54) is 12.5 Å². The molecule has 6 heteroatoms. The lowest BCUT2D eigenvalue weighted by Crippen LogP contribution is -2.09. The van der Waals surface area contributed by atoms with Gasteiger partial charge >= 0.3 is 0 Å². The molecular weight excluding hydrogens is 362 g/mol. The number of nitrogens with zero attached hydrogens (tertiary/aromatic N) is 3. The molecule has 4 rings (SSSR count). The molecule has 0 aliphatic heterocycles. The number of aromatic nitrogens is 3. The lowest BCUT2D eigenvalue weighted by atomic mass is 10.1. The minimum Gasteiger partial charge on any atom is -0.369 e. The molecule has 0 saturated heterocycles. The molecule has 0 bridgehead atoms. The highest BCUT2D eigenvalue weighted by molar-refractivity contribution is 5.90. The van der Waals surface area contributed by atoms with Crippen molar-refractivity contribution in [1.29, 1.82) is 0 Å². The predicted molar refractivity (Wildman–Crippen MR) is 116 cm³/mol. The van der Waals surface area contributed by atoms with Crippen LogP contribution >= 0.6 is 0 Å². The van der Waals surface area contributed by atoms with Crippen LogP contribution in [0.1, 0.15) is 12.5 Å². The number of rotatable bonds is 6. The number of nitrogens with one attached hydrogen (secondary N) is 2. The zero-order chi connectivity index (χ0) is 20.1. The van der Waals surface area contributed by atoms with Gasteiger partial charge in [-0.15, -0.1) is 0 Å². The van der Waals surface area contributed by atoms with Gasteiger partial charge in [-0.05, 0) is 48.4 Å². The fraction of sp³-hybridized carbons (Fsp3) is 0.130. The highest BCUT2D eigenvalue weighted by Gasteiger charge is 2.09. The van der Waals surface area contributed by atoms with Gasteiger partial charge in [0.05, 0.1) is 5.52 Å². The van der Waals surface area contributed by atoms with E-state index >= 15 is 0 Å². The number of para-hydroxylation sites is 1. The van der Waals surface area contributed by atoms with Crippen molar-refractivity contribution >= 4 is 28.3 Å². The maximum Gasteiger partial charge on any atom is 0.221 e. The topological polar surface area (TPSA) is 79.8 Å². The molecule has 6 nitrogen and oxygen atoms in total. The zero-order valence-corrected chi connectivity index (χ0v) is 16.1. The first kappa shape index (κ1) is 18.6. The summed E-state index contributed by atoms with van der Waals surface area (Å²) in [6, 6.07) is 19.7. The summed E-state index contributed by atoms with van der Waals surface area (Å²) >= 11 is 0. The summed E-state index contributed by atoms with van der Waals surface area (Å²) in [6.07, 6.45) is 4.34. The van der Waals surface area contributed by atoms with Crippen molar-refractivity contribution < 1.29 is 4.79 Å². The zero-order valence-electron chi connectivity index (χ0n) is 16.1. The van der Waals surface area contributed by atoms with E-state index in [-0.39, 0.29) is 5.91 Å². The van der Waals surface area contributed by atoms with Crippen LogP contribution in [0, 0.1) is 0 Å². The Morgan fingerprint density at radius 1 is 0.966 bits per heavy atom. The Balaban J connectivity index is 1.52. The van der Waals surface area contributed by atoms with E-state index in [0.29, 0.717) is 5.82 Å². The molecule has 2 aromatic carbocycles. The first-order valence-corrected chi connectivity index (χ1v) is 9.46. The molecule has 0 aliphatic carbocycles. The molecule has 29 heavy (non-hydrogen) atoms. The van der Waals surface area contributed by atoms with Gasteiger partial charge in [0.2, 0.25) is 5.91 Å². The van der Waals surface area contributed by atoms with Crippen LogP contribution in [0.25, 0.3) is 22.3 Å². The quantitative estimate of drug-likeness (QED) is 0.519. The van der Waals surface area contributed by atoms with Crippen molar-refractivity contribution in [3.63, 3.8) is 0 Å². The Labute approximate surface area is 169 Å². The number of amides is 1. The largest absolute Gasteiger partial charge is 0.369 e. The fourth-order valence-corrected chi connectivity index (χ4v) is 3.12. The third kappa shape index (κ3) is 4.55. The SMILES string of the molecule is CC(=O)Nc1ccc(CCNc2nc(-c3cccnc3)nc3ccccc23)cc1. The molecule has 0 fully saturated rings. The third-order valence-corrected chi connectivity index (χ3v) is 4.50. The second-order valence-electron chi connectivity index (χ2n) is 6.71. The molecule has 0 aliphatic rings. The molecule has 1 amide bonds. The van der Waals surface area contributed by atoms with E-state index in [9.17, 15) is 4.79 Å². The van der Waals surface area contributed by atoms with E-state index in [0.717, 1.165) is 40.9 Å². The second kappa shape index (κ2) is 8.48. The number of hydrogen-bond donors (Lipinski definition) is 2. The van der Waals surface area contributed by atoms with Crippen molar-refractivity contribution in [3.8, 4) is 11.4 Å². The fourth-order valence-electron chi connectivity index (χ4n) is 3.12. The van der Waals surface area contributed by atoms with Crippen LogP contribution in [0.15, 0.2) is 73.1 Å². The number of carbonyl (C=O) groups excluding carboxylic acids is 1. The number of benzene rings is 2. The molecule has 2 N–H and O–H groups in total. The smallest absolute Gasteiger partial charge is 0.221 e. The summed E-state index contributed by atoms with van der Waals surface area (Å²) < 4.78 is 0. The van der Waals surface area contributed by atoms with Crippen LogP contribution in [0.2, 0.25) is 0 Å². The van der Waals surface area contributed by atoms with Crippen molar-refractivity contribution in [1.82, 2.24) is 15.0 Å². The number of anilines is 2. The highest BCUT2D eigenvalue weighted by Crippen LogP contribution is 2.24. The van der Waals surface area contributed by atoms with Gasteiger partial charge in [0.1, 0.15) is 5.82 Å². The van der Waals surface area contributed by atoms with E-state index in [1.807, 2.05) is 60.7 Å². The lowest BCUT2D eigenvalue weighted by Gasteiger charge is -2.11. The molecule has 0 unspecified atom stereocenters. The number of hydrogen-bond acceptors (Lipinski definition) is 5. The Morgan fingerprint density at radius 3 is 2.55 bits per heavy atom. The van der Waals surface area contributed by atoms with Gasteiger partial charge in [0, 0.05) is 42.5 Å². The van der Waals surface area contributed by atoms with Crippen LogP contribution in [0.3, 0.4) is 0 Å². The molecule has 2 aromatic heterocycles. The average Bonchev–Trinajstić information content (AvgIpc) is 2.75. The van der Waals surface area contributed by atoms with Gasteiger partial charge in [0.25, 0.3) is 0 Å². The van der Waals surface area contributed by atoms with Crippen LogP contribution in [-0.2, 0) is 11.2 Å². The van der Waals surface area contributed by atoms with E-state index in [2.05, 4.69) is 20.6 Å². The lowest BCUT2D eigenvalue weighted by molar-refractivity contribution is -0.114. The van der Waals surface area contributed by atoms with Gasteiger partial charge in [0.15, 0.2) is 5.82 Å². The Kier molecular flexibility index (Phi) is 5.42. The summed E-state index contributed by atoms with van der Waals surface area (Å²) in [6.45, 7) is 2.23. The maximum atomic E-state index is 11.1. The highest BCUT2D eigenvalue weighted by atomic mass is 16.1. The average molecular weight is 383 g/mol. The summed E-state index contributed by atoms with van der Waals surface area (Å²) in [4.78, 5) is 24.7. The monoisotopic (exact) mass is 383 g/mol.